The maximum atomic E-state index is 15.1. The summed E-state index contributed by atoms with van der Waals surface area (Å²) in [4.78, 5) is 54.8. The average molecular weight is 723 g/mol. The number of aliphatic hydroxyl groups is 1. The van der Waals surface area contributed by atoms with Crippen LogP contribution in [-0.4, -0.2) is 83.1 Å². The van der Waals surface area contributed by atoms with Gasteiger partial charge in [-0.05, 0) is 67.0 Å². The first-order valence-electron chi connectivity index (χ1n) is 17.8. The fourth-order valence-corrected chi connectivity index (χ4v) is 6.77. The predicted octanol–water partition coefficient (Wildman–Crippen LogP) is 3.90. The van der Waals surface area contributed by atoms with Crippen molar-refractivity contribution in [3.63, 3.8) is 0 Å². The van der Waals surface area contributed by atoms with Crippen molar-refractivity contribution >= 4 is 23.6 Å². The Hall–Kier alpha value is -4.62. The van der Waals surface area contributed by atoms with Gasteiger partial charge in [-0.2, -0.15) is 0 Å². The Morgan fingerprint density at radius 2 is 1.73 bits per heavy atom. The van der Waals surface area contributed by atoms with Crippen molar-refractivity contribution in [2.45, 2.75) is 84.6 Å². The molecule has 2 heterocycles. The van der Waals surface area contributed by atoms with Crippen LogP contribution in [0, 0.1) is 23.0 Å². The Morgan fingerprint density at radius 1 is 1.02 bits per heavy atom. The van der Waals surface area contributed by atoms with Gasteiger partial charge in [-0.15, -0.1) is 0 Å². The molecule has 1 aliphatic rings. The summed E-state index contributed by atoms with van der Waals surface area (Å²) in [6, 6.07) is 11.4. The molecule has 4 atom stereocenters. The van der Waals surface area contributed by atoms with Gasteiger partial charge < -0.3 is 35.8 Å². The fraction of sp³-hybridized carbons (Fsp3) is 0.487. The zero-order valence-corrected chi connectivity index (χ0v) is 30.8. The van der Waals surface area contributed by atoms with Crippen LogP contribution in [0.2, 0.25) is 0 Å². The third kappa shape index (κ3) is 10.0. The second-order valence-electron chi connectivity index (χ2n) is 14.7. The van der Waals surface area contributed by atoms with Crippen LogP contribution < -0.4 is 21.3 Å². The van der Waals surface area contributed by atoms with E-state index in [2.05, 4.69) is 21.3 Å². The van der Waals surface area contributed by atoms with Crippen molar-refractivity contribution in [1.82, 2.24) is 30.7 Å². The second kappa shape index (κ2) is 17.7. The van der Waals surface area contributed by atoms with E-state index in [0.29, 0.717) is 30.8 Å². The Morgan fingerprint density at radius 3 is 2.33 bits per heavy atom. The third-order valence-electron chi connectivity index (χ3n) is 9.39. The molecule has 11 nitrogen and oxygen atoms in total. The van der Waals surface area contributed by atoms with Crippen molar-refractivity contribution in [1.29, 1.82) is 0 Å². The van der Waals surface area contributed by atoms with Gasteiger partial charge in [0.15, 0.2) is 0 Å². The highest BCUT2D eigenvalue weighted by molar-refractivity contribution is 5.93. The molecule has 1 saturated heterocycles. The van der Waals surface area contributed by atoms with Crippen LogP contribution in [0.15, 0.2) is 60.8 Å². The number of carbonyl (C=O) groups excluding carboxylic acids is 4. The van der Waals surface area contributed by atoms with Gasteiger partial charge in [0.1, 0.15) is 30.3 Å². The van der Waals surface area contributed by atoms with Gasteiger partial charge in [-0.25, -0.2) is 8.78 Å². The standard InChI is InChI=1S/C39H52F2N6O5/c1-24(2)34(45-37(51)30-13-10-17-43-30)38(52)44-31(36(50)42-6)16-18-47(33(49)23-48)35(39(3,4)5)32-19-26(28-20-27(40)14-15-29(28)41)22-46(32)21-25-11-8-7-9-12-25/h7-9,11-12,14-15,19-20,22,24,30-31,34-35,43,48H,10,13,16-18,21,23H2,1-6H3,(H,42,50)(H,44,52)(H,45,51)/t30-,31-,34-,35-/m0/s1. The highest BCUT2D eigenvalue weighted by Gasteiger charge is 2.38. The smallest absolute Gasteiger partial charge is 0.248 e. The highest BCUT2D eigenvalue weighted by atomic mass is 19.1. The van der Waals surface area contributed by atoms with Gasteiger partial charge in [-0.3, -0.25) is 19.2 Å². The largest absolute Gasteiger partial charge is 0.387 e. The summed E-state index contributed by atoms with van der Waals surface area (Å²) in [5, 5.41) is 21.5. The normalized spacial score (nSPS) is 16.2. The molecule has 52 heavy (non-hydrogen) atoms. The number of amides is 4. The summed E-state index contributed by atoms with van der Waals surface area (Å²) in [6.07, 6.45) is 3.21. The van der Waals surface area contributed by atoms with Crippen molar-refractivity contribution < 1.29 is 33.1 Å². The molecule has 282 valence electrons. The number of hydrogen-bond acceptors (Lipinski definition) is 6. The highest BCUT2D eigenvalue weighted by Crippen LogP contribution is 2.41. The second-order valence-corrected chi connectivity index (χ2v) is 14.7. The first kappa shape index (κ1) is 40.2. The number of nitrogens with zero attached hydrogens (tertiary/aromatic N) is 2. The quantitative estimate of drug-likeness (QED) is 0.161. The fourth-order valence-electron chi connectivity index (χ4n) is 6.77. The van der Waals surface area contributed by atoms with E-state index in [1.165, 1.54) is 11.9 Å². The van der Waals surface area contributed by atoms with Crippen LogP contribution in [0.3, 0.4) is 0 Å². The van der Waals surface area contributed by atoms with Crippen molar-refractivity contribution in [3.05, 3.63) is 83.7 Å². The van der Waals surface area contributed by atoms with Gasteiger partial charge in [0.05, 0.1) is 12.1 Å². The minimum Gasteiger partial charge on any atom is -0.387 e. The molecule has 1 aromatic heterocycles. The molecule has 3 aromatic rings. The van der Waals surface area contributed by atoms with Crippen LogP contribution >= 0.6 is 0 Å². The van der Waals surface area contributed by atoms with Crippen LogP contribution in [-0.2, 0) is 25.7 Å². The molecule has 4 rings (SSSR count). The van der Waals surface area contributed by atoms with E-state index < -0.39 is 65.5 Å². The zero-order valence-electron chi connectivity index (χ0n) is 30.8. The molecule has 0 saturated carbocycles. The summed E-state index contributed by atoms with van der Waals surface area (Å²) < 4.78 is 31.4. The summed E-state index contributed by atoms with van der Waals surface area (Å²) in [5.41, 5.74) is 1.30. The number of nitrogens with one attached hydrogen (secondary N) is 4. The molecule has 0 unspecified atom stereocenters. The molecule has 0 bridgehead atoms. The summed E-state index contributed by atoms with van der Waals surface area (Å²) in [5.74, 6) is -3.45. The van der Waals surface area contributed by atoms with E-state index in [1.54, 1.807) is 26.1 Å². The van der Waals surface area contributed by atoms with Gasteiger partial charge in [0, 0.05) is 43.2 Å². The Labute approximate surface area is 304 Å². The summed E-state index contributed by atoms with van der Waals surface area (Å²) in [6.45, 7) is 9.53. The van der Waals surface area contributed by atoms with E-state index in [1.807, 2.05) is 55.7 Å². The summed E-state index contributed by atoms with van der Waals surface area (Å²) in [7, 11) is 1.44. The lowest BCUT2D eigenvalue weighted by atomic mass is 9.82. The molecule has 2 aromatic carbocycles. The number of halogens is 2. The van der Waals surface area contributed by atoms with Crippen LogP contribution in [0.4, 0.5) is 8.78 Å². The molecule has 0 aliphatic carbocycles. The average Bonchev–Trinajstić information content (AvgIpc) is 3.79. The van der Waals surface area contributed by atoms with E-state index in [0.717, 1.165) is 30.2 Å². The van der Waals surface area contributed by atoms with E-state index >= 15 is 4.39 Å². The van der Waals surface area contributed by atoms with Crippen LogP contribution in [0.5, 0.6) is 0 Å². The van der Waals surface area contributed by atoms with Crippen molar-refractivity contribution in [3.8, 4) is 11.1 Å². The molecule has 0 radical (unpaired) electrons. The first-order chi connectivity index (χ1) is 24.6. The van der Waals surface area contributed by atoms with Crippen molar-refractivity contribution in [2.24, 2.45) is 11.3 Å². The SMILES string of the molecule is CNC(=O)[C@H](CCN(C(=O)CO)[C@@H](c1cc(-c2cc(F)ccc2F)cn1Cc1ccccc1)C(C)(C)C)NC(=O)[C@@H](NC(=O)[C@@H]1CCCN1)C(C)C. The number of likely N-dealkylation sites (N-methyl/N-ethyl adjacent to an activating group) is 1. The first-order valence-corrected chi connectivity index (χ1v) is 17.8. The maximum Gasteiger partial charge on any atom is 0.248 e. The van der Waals surface area contributed by atoms with E-state index in [-0.39, 0.29) is 30.4 Å². The van der Waals surface area contributed by atoms with Gasteiger partial charge in [-0.1, -0.05) is 65.0 Å². The van der Waals surface area contributed by atoms with Crippen LogP contribution in [0.1, 0.15) is 71.2 Å². The van der Waals surface area contributed by atoms with Gasteiger partial charge in [0.2, 0.25) is 23.6 Å². The monoisotopic (exact) mass is 722 g/mol. The lowest BCUT2D eigenvalue weighted by molar-refractivity contribution is -0.140. The Kier molecular flexibility index (Phi) is 13.7. The Balaban J connectivity index is 1.70. The molecule has 1 fully saturated rings. The number of aliphatic hydroxyl groups excluding tert-OH is 1. The minimum absolute atomic E-state index is 0.0303. The van der Waals surface area contributed by atoms with E-state index in [9.17, 15) is 28.7 Å². The van der Waals surface area contributed by atoms with Gasteiger partial charge in [0.25, 0.3) is 0 Å². The number of hydrogen-bond donors (Lipinski definition) is 5. The van der Waals surface area contributed by atoms with E-state index in [4.69, 9.17) is 0 Å². The lowest BCUT2D eigenvalue weighted by Crippen LogP contribution is -2.57. The topological polar surface area (TPSA) is 145 Å². The number of carbonyl (C=O) groups is 4. The number of benzene rings is 2. The molecule has 5 N–H and O–H groups in total. The molecule has 0 spiro atoms. The summed E-state index contributed by atoms with van der Waals surface area (Å²) >= 11 is 0. The third-order valence-corrected chi connectivity index (χ3v) is 9.39. The van der Waals surface area contributed by atoms with Crippen molar-refractivity contribution in [2.75, 3.05) is 26.7 Å². The minimum atomic E-state index is -1.09. The molecule has 1 aliphatic heterocycles. The van der Waals surface area contributed by atoms with Gasteiger partial charge >= 0.3 is 0 Å². The molecule has 4 amide bonds. The van der Waals surface area contributed by atoms with Crippen LogP contribution in [0.25, 0.3) is 11.1 Å². The maximum absolute atomic E-state index is 15.1. The Bertz CT molecular complexity index is 1700. The number of aromatic nitrogens is 1. The lowest BCUT2D eigenvalue weighted by Gasteiger charge is -2.41. The molecular formula is C39H52F2N6O5. The molecular weight excluding hydrogens is 670 g/mol. The number of rotatable bonds is 15. The molecule has 13 heteroatoms. The zero-order chi connectivity index (χ0) is 38.2. The predicted molar refractivity (Wildman–Crippen MR) is 195 cm³/mol.